The van der Waals surface area contributed by atoms with Crippen LogP contribution < -0.4 is 5.32 Å². The topological polar surface area (TPSA) is 78.9 Å². The molecule has 1 unspecified atom stereocenters. The molecular weight excluding hydrogens is 294 g/mol. The van der Waals surface area contributed by atoms with Gasteiger partial charge in [-0.3, -0.25) is 4.79 Å². The zero-order chi connectivity index (χ0) is 13.1. The molecule has 0 aliphatic carbocycles. The predicted octanol–water partition coefficient (Wildman–Crippen LogP) is 0.852. The van der Waals surface area contributed by atoms with E-state index in [9.17, 15) is 9.59 Å². The van der Waals surface area contributed by atoms with Crippen LogP contribution in [0.5, 0.6) is 0 Å². The van der Waals surface area contributed by atoms with Gasteiger partial charge in [-0.05, 0) is 0 Å². The molecule has 9 heteroatoms. The maximum absolute atomic E-state index is 11.5. The van der Waals surface area contributed by atoms with Crippen molar-refractivity contribution in [2.75, 3.05) is 26.2 Å². The smallest absolute Gasteiger partial charge is 0.410 e. The van der Waals surface area contributed by atoms with E-state index in [2.05, 4.69) is 5.32 Å². The number of nitrogens with one attached hydrogen (secondary N) is 1. The van der Waals surface area contributed by atoms with Crippen LogP contribution >= 0.6 is 34.8 Å². The van der Waals surface area contributed by atoms with Gasteiger partial charge in [-0.25, -0.2) is 4.79 Å². The van der Waals surface area contributed by atoms with E-state index in [1.54, 1.807) is 0 Å². The third-order valence-corrected chi connectivity index (χ3v) is 2.42. The van der Waals surface area contributed by atoms with Crippen molar-refractivity contribution in [3.63, 3.8) is 0 Å². The Morgan fingerprint density at radius 3 is 2.65 bits per heavy atom. The molecule has 0 radical (unpaired) electrons. The summed E-state index contributed by atoms with van der Waals surface area (Å²) < 4.78 is 3.07. The molecule has 0 saturated carbocycles. The average Bonchev–Trinajstić information content (AvgIpc) is 2.25. The molecule has 1 aliphatic heterocycles. The average molecular weight is 306 g/mol. The second kappa shape index (κ2) is 5.95. The molecule has 98 valence electrons. The highest BCUT2D eigenvalue weighted by Gasteiger charge is 2.30. The molecule has 1 rings (SSSR count). The maximum Gasteiger partial charge on any atom is 0.410 e. The molecule has 1 fully saturated rings. The van der Waals surface area contributed by atoms with Gasteiger partial charge in [0.25, 0.3) is 0 Å². The number of aliphatic carboxylic acids is 1. The first-order valence-corrected chi connectivity index (χ1v) is 5.87. The molecule has 1 heterocycles. The van der Waals surface area contributed by atoms with E-state index in [0.717, 1.165) is 0 Å². The highest BCUT2D eigenvalue weighted by Crippen LogP contribution is 2.26. The van der Waals surface area contributed by atoms with Crippen LogP contribution in [0, 0.1) is 0 Å². The molecule has 0 aromatic heterocycles. The number of nitrogens with zero attached hydrogens (tertiary/aromatic N) is 1. The number of carboxylic acid groups (broad SMARTS) is 1. The Kier molecular flexibility index (Phi) is 5.12. The molecule has 2 N–H and O–H groups in total. The number of alkyl halides is 3. The standard InChI is InChI=1S/C8H11Cl3N2O4/c9-8(10,11)4-17-7(16)13-2-1-12-5(3-13)6(14)15/h5,12H,1-4H2,(H,14,15). The van der Waals surface area contributed by atoms with Crippen LogP contribution in [0.2, 0.25) is 0 Å². The zero-order valence-electron chi connectivity index (χ0n) is 8.66. The van der Waals surface area contributed by atoms with E-state index in [-0.39, 0.29) is 13.2 Å². The van der Waals surface area contributed by atoms with Crippen molar-refractivity contribution in [2.45, 2.75) is 9.83 Å². The lowest BCUT2D eigenvalue weighted by Crippen LogP contribution is -2.55. The quantitative estimate of drug-likeness (QED) is 0.740. The van der Waals surface area contributed by atoms with Gasteiger partial charge >= 0.3 is 12.1 Å². The predicted molar refractivity (Wildman–Crippen MR) is 62.6 cm³/mol. The molecule has 1 saturated heterocycles. The van der Waals surface area contributed by atoms with Gasteiger partial charge in [-0.2, -0.15) is 0 Å². The SMILES string of the molecule is O=C(O)C1CN(C(=O)OCC(Cl)(Cl)Cl)CCN1. The maximum atomic E-state index is 11.5. The largest absolute Gasteiger partial charge is 0.480 e. The van der Waals surface area contributed by atoms with Crippen LogP contribution in [0.3, 0.4) is 0 Å². The summed E-state index contributed by atoms with van der Waals surface area (Å²) in [6.45, 7) is 0.370. The number of hydrogen-bond acceptors (Lipinski definition) is 4. The Hall–Kier alpha value is -0.430. The Balaban J connectivity index is 2.44. The normalized spacial score (nSPS) is 21.1. The van der Waals surface area contributed by atoms with Gasteiger partial charge in [-0.1, -0.05) is 34.8 Å². The van der Waals surface area contributed by atoms with Crippen molar-refractivity contribution in [3.8, 4) is 0 Å². The number of carbonyl (C=O) groups is 2. The van der Waals surface area contributed by atoms with Crippen LogP contribution in [0.1, 0.15) is 0 Å². The number of amides is 1. The third kappa shape index (κ3) is 5.16. The molecule has 6 nitrogen and oxygen atoms in total. The lowest BCUT2D eigenvalue weighted by atomic mass is 10.2. The fourth-order valence-corrected chi connectivity index (χ4v) is 1.48. The van der Waals surface area contributed by atoms with E-state index >= 15 is 0 Å². The van der Waals surface area contributed by atoms with Crippen LogP contribution in [0.25, 0.3) is 0 Å². The number of carbonyl (C=O) groups excluding carboxylic acids is 1. The number of rotatable bonds is 2. The van der Waals surface area contributed by atoms with Crippen molar-refractivity contribution in [1.82, 2.24) is 10.2 Å². The van der Waals surface area contributed by atoms with Crippen molar-refractivity contribution in [2.24, 2.45) is 0 Å². The van der Waals surface area contributed by atoms with Gasteiger partial charge < -0.3 is 20.1 Å². The van der Waals surface area contributed by atoms with Gasteiger partial charge in [0.05, 0.1) is 6.54 Å². The first kappa shape index (κ1) is 14.6. The molecule has 0 aromatic rings. The highest BCUT2D eigenvalue weighted by molar-refractivity contribution is 6.67. The monoisotopic (exact) mass is 304 g/mol. The van der Waals surface area contributed by atoms with Crippen LogP contribution in [0.4, 0.5) is 4.79 Å². The molecule has 0 bridgehead atoms. The lowest BCUT2D eigenvalue weighted by molar-refractivity contribution is -0.140. The van der Waals surface area contributed by atoms with E-state index in [1.807, 2.05) is 0 Å². The van der Waals surface area contributed by atoms with Crippen molar-refractivity contribution in [1.29, 1.82) is 0 Å². The Morgan fingerprint density at radius 2 is 2.12 bits per heavy atom. The molecule has 1 amide bonds. The summed E-state index contributed by atoms with van der Waals surface area (Å²) in [6.07, 6.45) is -0.691. The summed E-state index contributed by atoms with van der Waals surface area (Å²) in [5, 5.41) is 11.5. The number of ether oxygens (including phenoxy) is 1. The van der Waals surface area contributed by atoms with Crippen LogP contribution in [0.15, 0.2) is 0 Å². The number of hydrogen-bond donors (Lipinski definition) is 2. The number of carboxylic acids is 1. The minimum Gasteiger partial charge on any atom is -0.480 e. The number of piperazine rings is 1. The fraction of sp³-hybridized carbons (Fsp3) is 0.750. The summed E-state index contributed by atoms with van der Waals surface area (Å²) in [6, 6.07) is -0.802. The van der Waals surface area contributed by atoms with Crippen molar-refractivity contribution < 1.29 is 19.4 Å². The summed E-state index contributed by atoms with van der Waals surface area (Å²) in [5.41, 5.74) is 0. The summed E-state index contributed by atoms with van der Waals surface area (Å²) >= 11 is 16.3. The van der Waals surface area contributed by atoms with Crippen molar-refractivity contribution >= 4 is 46.9 Å². The minimum atomic E-state index is -1.67. The first-order chi connectivity index (χ1) is 7.79. The minimum absolute atomic E-state index is 0.0218. The first-order valence-electron chi connectivity index (χ1n) is 4.74. The zero-order valence-corrected chi connectivity index (χ0v) is 10.9. The van der Waals surface area contributed by atoms with E-state index < -0.39 is 21.9 Å². The summed E-state index contributed by atoms with van der Waals surface area (Å²) in [7, 11) is 0. The van der Waals surface area contributed by atoms with E-state index in [4.69, 9.17) is 44.6 Å². The van der Waals surface area contributed by atoms with Gasteiger partial charge in [0.15, 0.2) is 0 Å². The molecule has 17 heavy (non-hydrogen) atoms. The Bertz CT molecular complexity index is 308. The molecular formula is C8H11Cl3N2O4. The van der Waals surface area contributed by atoms with Gasteiger partial charge in [0, 0.05) is 13.1 Å². The van der Waals surface area contributed by atoms with E-state index in [0.29, 0.717) is 13.1 Å². The Morgan fingerprint density at radius 1 is 1.47 bits per heavy atom. The van der Waals surface area contributed by atoms with Gasteiger partial charge in [0.2, 0.25) is 3.79 Å². The third-order valence-electron chi connectivity index (χ3n) is 2.09. The lowest BCUT2D eigenvalue weighted by Gasteiger charge is -2.31. The van der Waals surface area contributed by atoms with E-state index in [1.165, 1.54) is 4.90 Å². The molecule has 1 aliphatic rings. The summed E-state index contributed by atoms with van der Waals surface area (Å²) in [5.74, 6) is -1.02. The van der Waals surface area contributed by atoms with Crippen LogP contribution in [-0.4, -0.2) is 58.1 Å². The summed E-state index contributed by atoms with van der Waals surface area (Å²) in [4.78, 5) is 23.5. The van der Waals surface area contributed by atoms with Gasteiger partial charge in [0.1, 0.15) is 12.6 Å². The highest BCUT2D eigenvalue weighted by atomic mass is 35.6. The Labute approximate surface area is 113 Å². The van der Waals surface area contributed by atoms with Crippen LogP contribution in [-0.2, 0) is 9.53 Å². The molecule has 1 atom stereocenters. The molecule has 0 spiro atoms. The molecule has 0 aromatic carbocycles. The second-order valence-electron chi connectivity index (χ2n) is 3.46. The fourth-order valence-electron chi connectivity index (χ4n) is 1.32. The van der Waals surface area contributed by atoms with Crippen molar-refractivity contribution in [3.05, 3.63) is 0 Å². The number of halogens is 3. The second-order valence-corrected chi connectivity index (χ2v) is 5.98. The van der Waals surface area contributed by atoms with Gasteiger partial charge in [-0.15, -0.1) is 0 Å².